The van der Waals surface area contributed by atoms with Crippen LogP contribution in [-0.2, 0) is 19.7 Å². The second kappa shape index (κ2) is 9.64. The van der Waals surface area contributed by atoms with Crippen LogP contribution in [0.1, 0.15) is 12.8 Å². The molecule has 0 bridgehead atoms. The van der Waals surface area contributed by atoms with Crippen molar-refractivity contribution in [2.45, 2.75) is 12.8 Å². The number of nitrogens with zero attached hydrogens (tertiary/aromatic N) is 1. The van der Waals surface area contributed by atoms with Crippen molar-refractivity contribution in [1.29, 1.82) is 0 Å². The Balaban J connectivity index is 2.21. The first-order valence-corrected chi connectivity index (χ1v) is 8.50. The van der Waals surface area contributed by atoms with Crippen LogP contribution in [0, 0.1) is 5.92 Å². The lowest BCUT2D eigenvalue weighted by Crippen LogP contribution is -2.46. The molecule has 1 rings (SSSR count). The van der Waals surface area contributed by atoms with Crippen LogP contribution in [0.15, 0.2) is 0 Å². The smallest absolute Gasteiger partial charge is 0.279 e. The quantitative estimate of drug-likeness (QED) is 0.528. The van der Waals surface area contributed by atoms with E-state index in [0.717, 1.165) is 19.4 Å². The van der Waals surface area contributed by atoms with Gasteiger partial charge < -0.3 is 14.8 Å². The third-order valence-electron chi connectivity index (χ3n) is 3.37. The molecule has 1 aliphatic rings. The summed E-state index contributed by atoms with van der Waals surface area (Å²) >= 11 is 0. The van der Waals surface area contributed by atoms with E-state index in [4.69, 9.17) is 9.47 Å². The summed E-state index contributed by atoms with van der Waals surface area (Å²) in [7, 11) is 0.163. The van der Waals surface area contributed by atoms with E-state index >= 15 is 0 Å². The Morgan fingerprint density at radius 1 is 1.20 bits per heavy atom. The zero-order valence-corrected chi connectivity index (χ0v) is 13.2. The zero-order valence-electron chi connectivity index (χ0n) is 12.4. The molecule has 0 amide bonds. The molecule has 0 unspecified atom stereocenters. The molecule has 0 radical (unpaired) electrons. The SMILES string of the molecule is CNCC1CCN(S(=O)(=O)NCCOCCOC)CC1. The van der Waals surface area contributed by atoms with Crippen molar-refractivity contribution in [1.82, 2.24) is 14.3 Å². The summed E-state index contributed by atoms with van der Waals surface area (Å²) in [4.78, 5) is 0. The maximum atomic E-state index is 12.1. The average Bonchev–Trinajstić information content (AvgIpc) is 2.44. The molecule has 0 atom stereocenters. The van der Waals surface area contributed by atoms with Gasteiger partial charge in [0.2, 0.25) is 0 Å². The van der Waals surface area contributed by atoms with Crippen molar-refractivity contribution < 1.29 is 17.9 Å². The van der Waals surface area contributed by atoms with Gasteiger partial charge in [-0.05, 0) is 32.4 Å². The Bertz CT molecular complexity index is 343. The highest BCUT2D eigenvalue weighted by Crippen LogP contribution is 2.18. The molecule has 8 heteroatoms. The van der Waals surface area contributed by atoms with Gasteiger partial charge in [0.1, 0.15) is 0 Å². The largest absolute Gasteiger partial charge is 0.382 e. The van der Waals surface area contributed by atoms with Gasteiger partial charge >= 0.3 is 0 Å². The molecule has 1 aliphatic heterocycles. The Labute approximate surface area is 122 Å². The van der Waals surface area contributed by atoms with E-state index in [0.29, 0.717) is 45.4 Å². The Kier molecular flexibility index (Phi) is 8.58. The van der Waals surface area contributed by atoms with Crippen LogP contribution < -0.4 is 10.0 Å². The van der Waals surface area contributed by atoms with Gasteiger partial charge in [-0.25, -0.2) is 0 Å². The lowest BCUT2D eigenvalue weighted by Gasteiger charge is -2.31. The van der Waals surface area contributed by atoms with E-state index in [1.165, 1.54) is 4.31 Å². The first kappa shape index (κ1) is 17.8. The molecule has 1 fully saturated rings. The third kappa shape index (κ3) is 6.47. The number of nitrogens with one attached hydrogen (secondary N) is 2. The van der Waals surface area contributed by atoms with Gasteiger partial charge in [-0.2, -0.15) is 17.4 Å². The zero-order chi connectivity index (χ0) is 14.8. The minimum absolute atomic E-state index is 0.294. The number of piperidine rings is 1. The summed E-state index contributed by atoms with van der Waals surface area (Å²) in [6.45, 7) is 3.79. The minimum atomic E-state index is -3.36. The summed E-state index contributed by atoms with van der Waals surface area (Å²) in [6.07, 6.45) is 1.82. The molecule has 0 spiro atoms. The first-order chi connectivity index (χ1) is 9.60. The fraction of sp³-hybridized carbons (Fsp3) is 1.00. The lowest BCUT2D eigenvalue weighted by molar-refractivity contribution is 0.0734. The topological polar surface area (TPSA) is 79.9 Å². The van der Waals surface area contributed by atoms with Crippen LogP contribution in [0.3, 0.4) is 0 Å². The van der Waals surface area contributed by atoms with Crippen LogP contribution in [0.2, 0.25) is 0 Å². The van der Waals surface area contributed by atoms with Crippen molar-refractivity contribution >= 4 is 10.2 Å². The van der Waals surface area contributed by atoms with E-state index < -0.39 is 10.2 Å². The summed E-state index contributed by atoms with van der Waals surface area (Å²) in [5.74, 6) is 0.573. The minimum Gasteiger partial charge on any atom is -0.382 e. The highest BCUT2D eigenvalue weighted by Gasteiger charge is 2.27. The van der Waals surface area contributed by atoms with Crippen molar-refractivity contribution in [2.75, 3.05) is 60.2 Å². The van der Waals surface area contributed by atoms with Crippen molar-refractivity contribution in [3.8, 4) is 0 Å². The van der Waals surface area contributed by atoms with Gasteiger partial charge in [-0.3, -0.25) is 0 Å². The van der Waals surface area contributed by atoms with Crippen molar-refractivity contribution in [3.05, 3.63) is 0 Å². The van der Waals surface area contributed by atoms with Gasteiger partial charge in [0.25, 0.3) is 10.2 Å². The summed E-state index contributed by atoms with van der Waals surface area (Å²) in [5, 5.41) is 3.14. The molecule has 0 saturated carbocycles. The molecule has 7 nitrogen and oxygen atoms in total. The van der Waals surface area contributed by atoms with Crippen LogP contribution in [-0.4, -0.2) is 72.9 Å². The molecule has 120 valence electrons. The Morgan fingerprint density at radius 3 is 2.50 bits per heavy atom. The van der Waals surface area contributed by atoms with Crippen LogP contribution in [0.4, 0.5) is 0 Å². The normalized spacial score (nSPS) is 18.5. The summed E-state index contributed by atoms with van der Waals surface area (Å²) in [6, 6.07) is 0. The third-order valence-corrected chi connectivity index (χ3v) is 4.98. The molecule has 0 aromatic carbocycles. The first-order valence-electron chi connectivity index (χ1n) is 7.06. The molecule has 20 heavy (non-hydrogen) atoms. The van der Waals surface area contributed by atoms with Crippen LogP contribution in [0.25, 0.3) is 0 Å². The number of hydrogen-bond acceptors (Lipinski definition) is 5. The molecule has 2 N–H and O–H groups in total. The predicted octanol–water partition coefficient (Wildman–Crippen LogP) is -0.585. The van der Waals surface area contributed by atoms with Crippen molar-refractivity contribution in [2.24, 2.45) is 5.92 Å². The maximum Gasteiger partial charge on any atom is 0.279 e. The molecular weight excluding hydrogens is 282 g/mol. The molecule has 0 aromatic rings. The van der Waals surface area contributed by atoms with E-state index in [-0.39, 0.29) is 0 Å². The Hall–Kier alpha value is -0.250. The monoisotopic (exact) mass is 309 g/mol. The second-order valence-electron chi connectivity index (χ2n) is 4.90. The highest BCUT2D eigenvalue weighted by atomic mass is 32.2. The fourth-order valence-corrected chi connectivity index (χ4v) is 3.44. The molecular formula is C12H27N3O4S. The fourth-order valence-electron chi connectivity index (χ4n) is 2.22. The standard InChI is InChI=1S/C12H27N3O4S/c1-13-11-12-3-6-15(7-4-12)20(16,17)14-5-8-19-10-9-18-2/h12-14H,3-11H2,1-2H3. The van der Waals surface area contributed by atoms with Gasteiger partial charge in [0.05, 0.1) is 19.8 Å². The highest BCUT2D eigenvalue weighted by molar-refractivity contribution is 7.87. The van der Waals surface area contributed by atoms with E-state index in [1.807, 2.05) is 7.05 Å². The summed E-state index contributed by atoms with van der Waals surface area (Å²) < 4.78 is 38.3. The van der Waals surface area contributed by atoms with Gasteiger partial charge in [-0.15, -0.1) is 0 Å². The van der Waals surface area contributed by atoms with E-state index in [9.17, 15) is 8.42 Å². The van der Waals surface area contributed by atoms with Crippen molar-refractivity contribution in [3.63, 3.8) is 0 Å². The number of rotatable bonds is 10. The number of methoxy groups -OCH3 is 1. The lowest BCUT2D eigenvalue weighted by atomic mass is 9.98. The van der Waals surface area contributed by atoms with E-state index in [1.54, 1.807) is 7.11 Å². The maximum absolute atomic E-state index is 12.1. The molecule has 1 heterocycles. The molecule has 1 saturated heterocycles. The number of ether oxygens (including phenoxy) is 2. The van der Waals surface area contributed by atoms with E-state index in [2.05, 4.69) is 10.0 Å². The average molecular weight is 309 g/mol. The predicted molar refractivity (Wildman–Crippen MR) is 77.8 cm³/mol. The van der Waals surface area contributed by atoms with Crippen LogP contribution in [0.5, 0.6) is 0 Å². The Morgan fingerprint density at radius 2 is 1.90 bits per heavy atom. The molecule has 0 aromatic heterocycles. The molecule has 0 aliphatic carbocycles. The van der Waals surface area contributed by atoms with Gasteiger partial charge in [0, 0.05) is 26.7 Å². The number of hydrogen-bond donors (Lipinski definition) is 2. The summed E-state index contributed by atoms with van der Waals surface area (Å²) in [5.41, 5.74) is 0. The van der Waals surface area contributed by atoms with Gasteiger partial charge in [0.15, 0.2) is 0 Å². The second-order valence-corrected chi connectivity index (χ2v) is 6.66. The van der Waals surface area contributed by atoms with Gasteiger partial charge in [-0.1, -0.05) is 0 Å². The van der Waals surface area contributed by atoms with Crippen LogP contribution >= 0.6 is 0 Å².